The van der Waals surface area contributed by atoms with Crippen molar-refractivity contribution in [1.82, 2.24) is 5.32 Å². The SMILES string of the molecule is C1COCCN1.CC.CI. The Balaban J connectivity index is 0. The third-order valence-electron chi connectivity index (χ3n) is 0.846. The lowest BCUT2D eigenvalue weighted by Gasteiger charge is -2.10. The minimum Gasteiger partial charge on any atom is -0.379 e. The number of alkyl halides is 1. The van der Waals surface area contributed by atoms with Gasteiger partial charge in [0.2, 0.25) is 0 Å². The summed E-state index contributed by atoms with van der Waals surface area (Å²) in [6.07, 6.45) is 0. The van der Waals surface area contributed by atoms with E-state index in [0.717, 1.165) is 26.3 Å². The Bertz CT molecular complexity index is 29.1. The van der Waals surface area contributed by atoms with Crippen LogP contribution in [0.5, 0.6) is 0 Å². The van der Waals surface area contributed by atoms with Gasteiger partial charge in [-0.2, -0.15) is 0 Å². The number of halogens is 1. The molecule has 2 nitrogen and oxygen atoms in total. The van der Waals surface area contributed by atoms with Gasteiger partial charge in [0.1, 0.15) is 0 Å². The van der Waals surface area contributed by atoms with Crippen LogP contribution in [0.25, 0.3) is 0 Å². The van der Waals surface area contributed by atoms with Crippen molar-refractivity contribution in [3.8, 4) is 0 Å². The zero-order chi connectivity index (χ0) is 8.24. The normalized spacial score (nSPS) is 15.6. The Morgan fingerprint density at radius 2 is 1.50 bits per heavy atom. The fourth-order valence-corrected chi connectivity index (χ4v) is 0.516. The van der Waals surface area contributed by atoms with Gasteiger partial charge in [0.05, 0.1) is 13.2 Å². The van der Waals surface area contributed by atoms with E-state index < -0.39 is 0 Å². The number of hydrogen-bond donors (Lipinski definition) is 1. The molecule has 1 aliphatic heterocycles. The first kappa shape index (κ1) is 13.3. The molecule has 0 radical (unpaired) electrons. The zero-order valence-corrected chi connectivity index (χ0v) is 9.27. The van der Waals surface area contributed by atoms with Crippen molar-refractivity contribution in [2.45, 2.75) is 13.8 Å². The highest BCUT2D eigenvalue weighted by Gasteiger charge is 1.92. The van der Waals surface area contributed by atoms with Crippen molar-refractivity contribution < 1.29 is 4.74 Å². The predicted molar refractivity (Wildman–Crippen MR) is 55.0 cm³/mol. The zero-order valence-electron chi connectivity index (χ0n) is 7.11. The summed E-state index contributed by atoms with van der Waals surface area (Å²) in [5.74, 6) is 0. The number of ether oxygens (including phenoxy) is 1. The van der Waals surface area contributed by atoms with Crippen molar-refractivity contribution in [3.63, 3.8) is 0 Å². The third-order valence-corrected chi connectivity index (χ3v) is 0.846. The van der Waals surface area contributed by atoms with E-state index in [1.807, 2.05) is 18.8 Å². The summed E-state index contributed by atoms with van der Waals surface area (Å²) in [7, 11) is 0. The summed E-state index contributed by atoms with van der Waals surface area (Å²) >= 11 is 2.15. The maximum Gasteiger partial charge on any atom is 0.0591 e. The molecule has 0 aromatic rings. The Morgan fingerprint density at radius 3 is 1.60 bits per heavy atom. The van der Waals surface area contributed by atoms with E-state index in [9.17, 15) is 0 Å². The van der Waals surface area contributed by atoms with E-state index in [-0.39, 0.29) is 0 Å². The molecule has 1 heterocycles. The van der Waals surface area contributed by atoms with Gasteiger partial charge in [0, 0.05) is 13.1 Å². The van der Waals surface area contributed by atoms with Gasteiger partial charge in [-0.3, -0.25) is 0 Å². The average Bonchev–Trinajstić information content (AvgIpc) is 2.14. The van der Waals surface area contributed by atoms with Crippen LogP contribution in [-0.2, 0) is 4.74 Å². The third kappa shape index (κ3) is 11.4. The first-order valence-electron chi connectivity index (χ1n) is 3.66. The van der Waals surface area contributed by atoms with Gasteiger partial charge in [-0.15, -0.1) is 0 Å². The second-order valence-electron chi connectivity index (χ2n) is 1.36. The average molecular weight is 259 g/mol. The molecule has 0 amide bonds. The van der Waals surface area contributed by atoms with Crippen LogP contribution in [0, 0.1) is 0 Å². The standard InChI is InChI=1S/C4H9NO.C2H6.CH3I/c1-3-6-4-2-5-1;2*1-2/h5H,1-4H2;1-2H3;1H3. The molecule has 0 unspecified atom stereocenters. The molecule has 64 valence electrons. The fourth-order valence-electron chi connectivity index (χ4n) is 0.516. The predicted octanol–water partition coefficient (Wildman–Crippen LogP) is 1.68. The molecule has 1 N–H and O–H groups in total. The van der Waals surface area contributed by atoms with Crippen molar-refractivity contribution in [3.05, 3.63) is 0 Å². The molecular formula is C7H18INO. The lowest BCUT2D eigenvalue weighted by molar-refractivity contribution is 0.109. The van der Waals surface area contributed by atoms with Crippen LogP contribution in [0.1, 0.15) is 13.8 Å². The fraction of sp³-hybridized carbons (Fsp3) is 1.00. The van der Waals surface area contributed by atoms with Gasteiger partial charge >= 0.3 is 0 Å². The lowest BCUT2D eigenvalue weighted by atomic mass is 10.5. The van der Waals surface area contributed by atoms with E-state index in [1.165, 1.54) is 0 Å². The monoisotopic (exact) mass is 259 g/mol. The van der Waals surface area contributed by atoms with Gasteiger partial charge in [0.25, 0.3) is 0 Å². The quantitative estimate of drug-likeness (QED) is 0.528. The van der Waals surface area contributed by atoms with Gasteiger partial charge in [-0.05, 0) is 4.93 Å². The molecule has 0 spiro atoms. The summed E-state index contributed by atoms with van der Waals surface area (Å²) in [6, 6.07) is 0. The van der Waals surface area contributed by atoms with Crippen LogP contribution >= 0.6 is 22.6 Å². The number of rotatable bonds is 0. The van der Waals surface area contributed by atoms with Crippen LogP contribution in [0.3, 0.4) is 0 Å². The summed E-state index contributed by atoms with van der Waals surface area (Å²) in [6.45, 7) is 7.83. The van der Waals surface area contributed by atoms with Crippen LogP contribution < -0.4 is 5.32 Å². The van der Waals surface area contributed by atoms with Gasteiger partial charge in [-0.1, -0.05) is 36.4 Å². The second-order valence-corrected chi connectivity index (χ2v) is 1.36. The smallest absolute Gasteiger partial charge is 0.0591 e. The minimum absolute atomic E-state index is 0.889. The van der Waals surface area contributed by atoms with Crippen LogP contribution in [0.2, 0.25) is 0 Å². The maximum absolute atomic E-state index is 5.01. The highest BCUT2D eigenvalue weighted by Crippen LogP contribution is 1.76. The molecule has 1 rings (SSSR count). The molecule has 3 heteroatoms. The van der Waals surface area contributed by atoms with Gasteiger partial charge < -0.3 is 10.1 Å². The van der Waals surface area contributed by atoms with E-state index in [1.54, 1.807) is 0 Å². The molecular weight excluding hydrogens is 241 g/mol. The second kappa shape index (κ2) is 16.3. The highest BCUT2D eigenvalue weighted by molar-refractivity contribution is 14.1. The van der Waals surface area contributed by atoms with Crippen LogP contribution in [0.15, 0.2) is 0 Å². The maximum atomic E-state index is 5.01. The molecule has 1 fully saturated rings. The minimum atomic E-state index is 0.889. The van der Waals surface area contributed by atoms with Gasteiger partial charge in [0.15, 0.2) is 0 Å². The summed E-state index contributed by atoms with van der Waals surface area (Å²) in [5.41, 5.74) is 0. The Hall–Kier alpha value is 0.650. The van der Waals surface area contributed by atoms with E-state index in [4.69, 9.17) is 4.74 Å². The van der Waals surface area contributed by atoms with E-state index >= 15 is 0 Å². The largest absolute Gasteiger partial charge is 0.379 e. The molecule has 1 saturated heterocycles. The molecule has 0 saturated carbocycles. The molecule has 1 aliphatic rings. The van der Waals surface area contributed by atoms with Crippen molar-refractivity contribution in [2.24, 2.45) is 0 Å². The topological polar surface area (TPSA) is 21.3 Å². The Kier molecular flexibility index (Phi) is 21.6. The number of morpholine rings is 1. The number of hydrogen-bond acceptors (Lipinski definition) is 2. The molecule has 0 bridgehead atoms. The van der Waals surface area contributed by atoms with Crippen molar-refractivity contribution >= 4 is 22.6 Å². The van der Waals surface area contributed by atoms with Crippen LogP contribution in [0.4, 0.5) is 0 Å². The van der Waals surface area contributed by atoms with E-state index in [0.29, 0.717) is 0 Å². The van der Waals surface area contributed by atoms with Crippen LogP contribution in [-0.4, -0.2) is 31.2 Å². The Labute approximate surface area is 77.9 Å². The molecule has 10 heavy (non-hydrogen) atoms. The molecule has 0 aromatic heterocycles. The first-order chi connectivity index (χ1) is 5.00. The van der Waals surface area contributed by atoms with Gasteiger partial charge in [-0.25, -0.2) is 0 Å². The van der Waals surface area contributed by atoms with Crippen molar-refractivity contribution in [1.29, 1.82) is 0 Å². The van der Waals surface area contributed by atoms with Crippen molar-refractivity contribution in [2.75, 3.05) is 31.2 Å². The molecule has 0 aromatic carbocycles. The summed E-state index contributed by atoms with van der Waals surface area (Å²) in [4.78, 5) is 1.97. The number of nitrogens with one attached hydrogen (secondary N) is 1. The van der Waals surface area contributed by atoms with E-state index in [2.05, 4.69) is 27.9 Å². The molecule has 0 aliphatic carbocycles. The lowest BCUT2D eigenvalue weighted by Crippen LogP contribution is -2.30. The highest BCUT2D eigenvalue weighted by atomic mass is 127. The Morgan fingerprint density at radius 1 is 1.10 bits per heavy atom. The first-order valence-corrected chi connectivity index (χ1v) is 5.82. The summed E-state index contributed by atoms with van der Waals surface area (Å²) in [5, 5.41) is 3.16. The molecule has 0 atom stereocenters. The summed E-state index contributed by atoms with van der Waals surface area (Å²) < 4.78 is 5.01.